The fraction of sp³-hybridized carbons (Fsp3) is 0.778. The lowest BCUT2D eigenvalue weighted by atomic mass is 10.2. The highest BCUT2D eigenvalue weighted by Gasteiger charge is 2.27. The quantitative estimate of drug-likeness (QED) is 0.636. The van der Waals surface area contributed by atoms with Crippen molar-refractivity contribution in [1.29, 1.82) is 0 Å². The van der Waals surface area contributed by atoms with Crippen molar-refractivity contribution in [1.82, 2.24) is 5.32 Å². The SMILES string of the molecule is C[C@@H](O)C(NC(=O)OC(C)(C)C)C(=O)O. The average molecular weight is 219 g/mol. The number of carbonyl (C=O) groups is 2. The number of aliphatic hydroxyl groups excluding tert-OH is 1. The first-order chi connectivity index (χ1) is 6.63. The van der Waals surface area contributed by atoms with E-state index < -0.39 is 29.8 Å². The topological polar surface area (TPSA) is 95.9 Å². The van der Waals surface area contributed by atoms with Crippen molar-refractivity contribution < 1.29 is 24.5 Å². The first-order valence-electron chi connectivity index (χ1n) is 4.54. The van der Waals surface area contributed by atoms with Gasteiger partial charge >= 0.3 is 12.1 Å². The summed E-state index contributed by atoms with van der Waals surface area (Å²) in [6, 6.07) is -1.36. The van der Waals surface area contributed by atoms with Crippen LogP contribution in [0.2, 0.25) is 0 Å². The van der Waals surface area contributed by atoms with E-state index in [0.717, 1.165) is 0 Å². The monoisotopic (exact) mass is 219 g/mol. The summed E-state index contributed by atoms with van der Waals surface area (Å²) in [6.45, 7) is 6.25. The molecule has 0 aromatic carbocycles. The van der Waals surface area contributed by atoms with Gasteiger partial charge in [-0.25, -0.2) is 9.59 Å². The van der Waals surface area contributed by atoms with E-state index in [9.17, 15) is 9.59 Å². The molecular formula is C9H17NO5. The van der Waals surface area contributed by atoms with Crippen LogP contribution in [0.4, 0.5) is 4.79 Å². The number of aliphatic hydroxyl groups is 1. The highest BCUT2D eigenvalue weighted by Crippen LogP contribution is 2.07. The summed E-state index contributed by atoms with van der Waals surface area (Å²) in [4.78, 5) is 21.8. The number of carbonyl (C=O) groups excluding carboxylic acids is 1. The Morgan fingerprint density at radius 2 is 1.80 bits per heavy atom. The molecule has 1 amide bonds. The first-order valence-corrected chi connectivity index (χ1v) is 4.54. The van der Waals surface area contributed by atoms with Crippen LogP contribution in [-0.4, -0.2) is 40.0 Å². The second-order valence-electron chi connectivity index (χ2n) is 4.20. The van der Waals surface area contributed by atoms with Crippen LogP contribution in [0.15, 0.2) is 0 Å². The number of alkyl carbamates (subject to hydrolysis) is 1. The Morgan fingerprint density at radius 3 is 2.07 bits per heavy atom. The van der Waals surface area contributed by atoms with Crippen LogP contribution in [0, 0.1) is 0 Å². The molecule has 6 heteroatoms. The molecule has 0 aliphatic heterocycles. The summed E-state index contributed by atoms with van der Waals surface area (Å²) in [6.07, 6.45) is -2.05. The predicted molar refractivity (Wildman–Crippen MR) is 52.5 cm³/mol. The Morgan fingerprint density at radius 1 is 1.33 bits per heavy atom. The lowest BCUT2D eigenvalue weighted by Crippen LogP contribution is -2.49. The molecule has 88 valence electrons. The molecule has 0 aromatic rings. The van der Waals surface area contributed by atoms with Gasteiger partial charge in [0.1, 0.15) is 5.60 Å². The Hall–Kier alpha value is -1.30. The second kappa shape index (κ2) is 4.97. The van der Waals surface area contributed by atoms with Gasteiger partial charge in [0.2, 0.25) is 0 Å². The van der Waals surface area contributed by atoms with Crippen molar-refractivity contribution in [2.24, 2.45) is 0 Å². The summed E-state index contributed by atoms with van der Waals surface area (Å²) in [7, 11) is 0. The van der Waals surface area contributed by atoms with Gasteiger partial charge in [-0.1, -0.05) is 0 Å². The fourth-order valence-corrected chi connectivity index (χ4v) is 0.823. The van der Waals surface area contributed by atoms with Crippen LogP contribution >= 0.6 is 0 Å². The Balaban J connectivity index is 4.31. The number of ether oxygens (including phenoxy) is 1. The van der Waals surface area contributed by atoms with Gasteiger partial charge in [-0.05, 0) is 27.7 Å². The van der Waals surface area contributed by atoms with Crippen molar-refractivity contribution in [2.45, 2.75) is 45.4 Å². The van der Waals surface area contributed by atoms with E-state index in [2.05, 4.69) is 5.32 Å². The Kier molecular flexibility index (Phi) is 4.54. The molecule has 15 heavy (non-hydrogen) atoms. The van der Waals surface area contributed by atoms with Gasteiger partial charge < -0.3 is 20.3 Å². The fourth-order valence-electron chi connectivity index (χ4n) is 0.823. The molecular weight excluding hydrogens is 202 g/mol. The molecule has 0 heterocycles. The van der Waals surface area contributed by atoms with Crippen molar-refractivity contribution in [3.05, 3.63) is 0 Å². The molecule has 0 aliphatic rings. The number of carboxylic acid groups (broad SMARTS) is 1. The summed E-state index contributed by atoms with van der Waals surface area (Å²) in [5.74, 6) is -1.31. The van der Waals surface area contributed by atoms with Crippen LogP contribution in [0.25, 0.3) is 0 Å². The molecule has 0 radical (unpaired) electrons. The number of rotatable bonds is 3. The third kappa shape index (κ3) is 5.90. The van der Waals surface area contributed by atoms with Gasteiger partial charge in [-0.15, -0.1) is 0 Å². The number of hydrogen-bond donors (Lipinski definition) is 3. The van der Waals surface area contributed by atoms with E-state index in [1.807, 2.05) is 0 Å². The third-order valence-corrected chi connectivity index (χ3v) is 1.42. The van der Waals surface area contributed by atoms with Crippen molar-refractivity contribution in [2.75, 3.05) is 0 Å². The van der Waals surface area contributed by atoms with Gasteiger partial charge in [0.05, 0.1) is 6.10 Å². The van der Waals surface area contributed by atoms with Gasteiger partial charge in [0.25, 0.3) is 0 Å². The third-order valence-electron chi connectivity index (χ3n) is 1.42. The van der Waals surface area contributed by atoms with Gasteiger partial charge in [-0.3, -0.25) is 0 Å². The molecule has 2 atom stereocenters. The lowest BCUT2D eigenvalue weighted by molar-refractivity contribution is -0.142. The normalized spacial score (nSPS) is 15.3. The first kappa shape index (κ1) is 13.7. The number of amides is 1. The van der Waals surface area contributed by atoms with E-state index in [4.69, 9.17) is 14.9 Å². The largest absolute Gasteiger partial charge is 0.480 e. The standard InChI is InChI=1S/C9H17NO5/c1-5(11)6(7(12)13)10-8(14)15-9(2,3)4/h5-6,11H,1-4H3,(H,10,14)(H,12,13)/t5-,6?/m1/s1. The molecule has 0 saturated carbocycles. The van der Waals surface area contributed by atoms with Crippen LogP contribution < -0.4 is 5.32 Å². The predicted octanol–water partition coefficient (Wildman–Crippen LogP) is 0.345. The zero-order valence-corrected chi connectivity index (χ0v) is 9.27. The van der Waals surface area contributed by atoms with Gasteiger partial charge in [0, 0.05) is 0 Å². The second-order valence-corrected chi connectivity index (χ2v) is 4.20. The molecule has 1 unspecified atom stereocenters. The summed E-state index contributed by atoms with van der Waals surface area (Å²) in [5, 5.41) is 19.8. The van der Waals surface area contributed by atoms with Crippen molar-refractivity contribution in [3.63, 3.8) is 0 Å². The molecule has 0 rings (SSSR count). The van der Waals surface area contributed by atoms with Crippen LogP contribution in [0.3, 0.4) is 0 Å². The number of hydrogen-bond acceptors (Lipinski definition) is 4. The van der Waals surface area contributed by atoms with Crippen LogP contribution in [-0.2, 0) is 9.53 Å². The van der Waals surface area contributed by atoms with Crippen LogP contribution in [0.1, 0.15) is 27.7 Å². The maximum atomic E-state index is 11.2. The molecule has 3 N–H and O–H groups in total. The number of aliphatic carboxylic acids is 1. The zero-order valence-electron chi connectivity index (χ0n) is 9.27. The highest BCUT2D eigenvalue weighted by atomic mass is 16.6. The van der Waals surface area contributed by atoms with Gasteiger partial charge in [-0.2, -0.15) is 0 Å². The van der Waals surface area contributed by atoms with Crippen LogP contribution in [0.5, 0.6) is 0 Å². The lowest BCUT2D eigenvalue weighted by Gasteiger charge is -2.22. The Labute approximate surface area is 88.2 Å². The molecule has 6 nitrogen and oxygen atoms in total. The summed E-state index contributed by atoms with van der Waals surface area (Å²) < 4.78 is 4.84. The minimum absolute atomic E-state index is 0.703. The average Bonchev–Trinajstić information content (AvgIpc) is 1.95. The minimum Gasteiger partial charge on any atom is -0.480 e. The number of nitrogens with one attached hydrogen (secondary N) is 1. The van der Waals surface area contributed by atoms with Crippen molar-refractivity contribution >= 4 is 12.1 Å². The van der Waals surface area contributed by atoms with E-state index >= 15 is 0 Å². The van der Waals surface area contributed by atoms with E-state index in [1.54, 1.807) is 20.8 Å². The summed E-state index contributed by atoms with van der Waals surface area (Å²) in [5.41, 5.74) is -0.703. The van der Waals surface area contributed by atoms with E-state index in [1.165, 1.54) is 6.92 Å². The van der Waals surface area contributed by atoms with E-state index in [-0.39, 0.29) is 0 Å². The zero-order chi connectivity index (χ0) is 12.2. The number of carboxylic acids is 1. The van der Waals surface area contributed by atoms with E-state index in [0.29, 0.717) is 0 Å². The molecule has 0 bridgehead atoms. The minimum atomic E-state index is -1.36. The smallest absolute Gasteiger partial charge is 0.408 e. The summed E-state index contributed by atoms with van der Waals surface area (Å²) >= 11 is 0. The maximum Gasteiger partial charge on any atom is 0.408 e. The molecule has 0 saturated heterocycles. The van der Waals surface area contributed by atoms with Gasteiger partial charge in [0.15, 0.2) is 6.04 Å². The maximum absolute atomic E-state index is 11.2. The molecule has 0 fully saturated rings. The van der Waals surface area contributed by atoms with Crippen molar-refractivity contribution in [3.8, 4) is 0 Å². The Bertz CT molecular complexity index is 243. The molecule has 0 aliphatic carbocycles. The molecule has 0 spiro atoms. The highest BCUT2D eigenvalue weighted by molar-refractivity contribution is 5.80. The molecule has 0 aromatic heterocycles.